The summed E-state index contributed by atoms with van der Waals surface area (Å²) in [5, 5.41) is 12.7. The van der Waals surface area contributed by atoms with Crippen LogP contribution in [0.3, 0.4) is 0 Å². The van der Waals surface area contributed by atoms with Gasteiger partial charge in [-0.25, -0.2) is 0 Å². The molecular weight excluding hydrogens is 246 g/mol. The fraction of sp³-hybridized carbons (Fsp3) is 0.571. The second-order valence-corrected chi connectivity index (χ2v) is 6.19. The van der Waals surface area contributed by atoms with Crippen LogP contribution >= 0.6 is 0 Å². The zero-order valence-electron chi connectivity index (χ0n) is 11.3. The minimum Gasteiger partial charge on any atom is -0.391 e. The molecule has 0 aromatic heterocycles. The Hall–Kier alpha value is -0.710. The molecule has 4 heteroatoms. The first-order valence-electron chi connectivity index (χ1n) is 6.41. The second kappa shape index (κ2) is 7.67. The molecule has 1 rings (SSSR count). The summed E-state index contributed by atoms with van der Waals surface area (Å²) < 4.78 is 12.0. The summed E-state index contributed by atoms with van der Waals surface area (Å²) in [6.07, 6.45) is -0.560. The normalized spacial score (nSPS) is 14.7. The Bertz CT molecular complexity index is 376. The summed E-state index contributed by atoms with van der Waals surface area (Å²) in [4.78, 5) is 0.787. The largest absolute Gasteiger partial charge is 0.391 e. The number of hydrogen-bond acceptors (Lipinski definition) is 3. The first-order valence-corrected chi connectivity index (χ1v) is 7.73. The van der Waals surface area contributed by atoms with E-state index in [0.717, 1.165) is 11.4 Å². The van der Waals surface area contributed by atoms with Crippen LogP contribution < -0.4 is 5.32 Å². The minimum atomic E-state index is -1.13. The van der Waals surface area contributed by atoms with Crippen LogP contribution in [0, 0.1) is 0 Å². The number of likely N-dealkylation sites (N-methyl/N-ethyl adjacent to an activating group) is 1. The lowest BCUT2D eigenvalue weighted by Crippen LogP contribution is -2.30. The molecule has 1 aromatic carbocycles. The zero-order valence-corrected chi connectivity index (χ0v) is 12.2. The van der Waals surface area contributed by atoms with Crippen LogP contribution in [0.2, 0.25) is 0 Å². The minimum absolute atomic E-state index is 0.286. The van der Waals surface area contributed by atoms with Gasteiger partial charge in [-0.15, -0.1) is 0 Å². The molecule has 1 aromatic rings. The molecule has 0 aliphatic rings. The summed E-state index contributed by atoms with van der Waals surface area (Å²) in [7, 11) is -1.13. The smallest absolute Gasteiger partial charge is 0.0783 e. The third kappa shape index (κ3) is 4.88. The molecule has 0 amide bonds. The van der Waals surface area contributed by atoms with E-state index in [-0.39, 0.29) is 5.75 Å². The SMILES string of the molecule is CCNCC(O)CS(=O)c1ccc(C(C)C)cc1. The summed E-state index contributed by atoms with van der Waals surface area (Å²) in [5.41, 5.74) is 1.24. The van der Waals surface area contributed by atoms with Gasteiger partial charge in [-0.3, -0.25) is 4.21 Å². The van der Waals surface area contributed by atoms with Crippen molar-refractivity contribution in [2.45, 2.75) is 37.7 Å². The Morgan fingerprint density at radius 3 is 2.39 bits per heavy atom. The van der Waals surface area contributed by atoms with Crippen LogP contribution in [0.4, 0.5) is 0 Å². The van der Waals surface area contributed by atoms with Crippen LogP contribution in [0.15, 0.2) is 29.2 Å². The monoisotopic (exact) mass is 269 g/mol. The molecule has 0 saturated carbocycles. The van der Waals surface area contributed by atoms with Gasteiger partial charge in [-0.05, 0) is 30.2 Å². The fourth-order valence-corrected chi connectivity index (χ4v) is 2.74. The molecule has 102 valence electrons. The number of benzene rings is 1. The van der Waals surface area contributed by atoms with E-state index in [1.807, 2.05) is 31.2 Å². The van der Waals surface area contributed by atoms with Crippen molar-refractivity contribution in [1.82, 2.24) is 5.32 Å². The first-order chi connectivity index (χ1) is 8.54. The van der Waals surface area contributed by atoms with Crippen LogP contribution in [-0.4, -0.2) is 34.3 Å². The summed E-state index contributed by atoms with van der Waals surface area (Å²) in [6.45, 7) is 7.55. The maximum atomic E-state index is 12.0. The van der Waals surface area contributed by atoms with Crippen molar-refractivity contribution in [1.29, 1.82) is 0 Å². The Morgan fingerprint density at radius 2 is 1.89 bits per heavy atom. The first kappa shape index (κ1) is 15.3. The maximum Gasteiger partial charge on any atom is 0.0783 e. The highest BCUT2D eigenvalue weighted by Gasteiger charge is 2.11. The van der Waals surface area contributed by atoms with Crippen LogP contribution in [0.1, 0.15) is 32.3 Å². The molecule has 18 heavy (non-hydrogen) atoms. The van der Waals surface area contributed by atoms with E-state index in [2.05, 4.69) is 19.2 Å². The topological polar surface area (TPSA) is 49.3 Å². The lowest BCUT2D eigenvalue weighted by molar-refractivity contribution is 0.195. The quantitative estimate of drug-likeness (QED) is 0.795. The van der Waals surface area contributed by atoms with Gasteiger partial charge in [0.15, 0.2) is 0 Å². The fourth-order valence-electron chi connectivity index (χ4n) is 1.65. The third-order valence-corrected chi connectivity index (χ3v) is 4.27. The van der Waals surface area contributed by atoms with Crippen molar-refractivity contribution < 1.29 is 9.32 Å². The highest BCUT2D eigenvalue weighted by Crippen LogP contribution is 2.16. The molecule has 0 heterocycles. The van der Waals surface area contributed by atoms with E-state index >= 15 is 0 Å². The molecule has 0 aliphatic heterocycles. The molecule has 0 radical (unpaired) electrons. The van der Waals surface area contributed by atoms with Gasteiger partial charge < -0.3 is 10.4 Å². The van der Waals surface area contributed by atoms with Crippen molar-refractivity contribution in [2.75, 3.05) is 18.8 Å². The van der Waals surface area contributed by atoms with Gasteiger partial charge in [0.2, 0.25) is 0 Å². The van der Waals surface area contributed by atoms with Crippen LogP contribution in [0.25, 0.3) is 0 Å². The number of hydrogen-bond donors (Lipinski definition) is 2. The second-order valence-electron chi connectivity index (χ2n) is 4.70. The predicted octanol–water partition coefficient (Wildman–Crippen LogP) is 1.89. The third-order valence-electron chi connectivity index (χ3n) is 2.78. The molecule has 0 spiro atoms. The van der Waals surface area contributed by atoms with E-state index < -0.39 is 16.9 Å². The molecule has 0 fully saturated rings. The summed E-state index contributed by atoms with van der Waals surface area (Å²) >= 11 is 0. The lowest BCUT2D eigenvalue weighted by Gasteiger charge is -2.11. The van der Waals surface area contributed by atoms with Crippen molar-refractivity contribution in [2.24, 2.45) is 0 Å². The van der Waals surface area contributed by atoms with E-state index in [1.54, 1.807) is 0 Å². The maximum absolute atomic E-state index is 12.0. The van der Waals surface area contributed by atoms with Gasteiger partial charge in [0.1, 0.15) is 0 Å². The summed E-state index contributed by atoms with van der Waals surface area (Å²) in [6, 6.07) is 7.81. The lowest BCUT2D eigenvalue weighted by atomic mass is 10.0. The predicted molar refractivity (Wildman–Crippen MR) is 76.4 cm³/mol. The van der Waals surface area contributed by atoms with E-state index in [0.29, 0.717) is 12.5 Å². The highest BCUT2D eigenvalue weighted by atomic mass is 32.2. The standard InChI is InChI=1S/C14H23NO2S/c1-4-15-9-13(16)10-18(17)14-7-5-12(6-8-14)11(2)3/h5-8,11,13,15-16H,4,9-10H2,1-3H3. The molecule has 2 atom stereocenters. The van der Waals surface area contributed by atoms with Crippen LogP contribution in [0.5, 0.6) is 0 Å². The van der Waals surface area contributed by atoms with E-state index in [1.165, 1.54) is 5.56 Å². The van der Waals surface area contributed by atoms with Gasteiger partial charge in [-0.1, -0.05) is 32.9 Å². The number of aliphatic hydroxyl groups is 1. The van der Waals surface area contributed by atoms with Crippen molar-refractivity contribution in [3.8, 4) is 0 Å². The van der Waals surface area contributed by atoms with Gasteiger partial charge in [0.25, 0.3) is 0 Å². The molecular formula is C14H23NO2S. The van der Waals surface area contributed by atoms with Gasteiger partial charge >= 0.3 is 0 Å². The average molecular weight is 269 g/mol. The number of rotatable bonds is 7. The Kier molecular flexibility index (Phi) is 6.54. The molecule has 3 nitrogen and oxygen atoms in total. The molecule has 2 unspecified atom stereocenters. The Morgan fingerprint density at radius 1 is 1.28 bits per heavy atom. The zero-order chi connectivity index (χ0) is 13.5. The Balaban J connectivity index is 2.56. The highest BCUT2D eigenvalue weighted by molar-refractivity contribution is 7.85. The Labute approximate surface area is 112 Å². The molecule has 2 N–H and O–H groups in total. The molecule has 0 bridgehead atoms. The number of aliphatic hydroxyl groups excluding tert-OH is 1. The van der Waals surface area contributed by atoms with Crippen molar-refractivity contribution in [3.63, 3.8) is 0 Å². The average Bonchev–Trinajstić information content (AvgIpc) is 2.36. The van der Waals surface area contributed by atoms with E-state index in [4.69, 9.17) is 0 Å². The van der Waals surface area contributed by atoms with Crippen molar-refractivity contribution >= 4 is 10.8 Å². The molecule has 0 aliphatic carbocycles. The molecule has 0 saturated heterocycles. The van der Waals surface area contributed by atoms with Crippen molar-refractivity contribution in [3.05, 3.63) is 29.8 Å². The van der Waals surface area contributed by atoms with Gasteiger partial charge in [0, 0.05) is 11.4 Å². The van der Waals surface area contributed by atoms with Crippen LogP contribution in [-0.2, 0) is 10.8 Å². The summed E-state index contributed by atoms with van der Waals surface area (Å²) in [5.74, 6) is 0.764. The number of nitrogens with one attached hydrogen (secondary N) is 1. The van der Waals surface area contributed by atoms with E-state index in [9.17, 15) is 9.32 Å². The van der Waals surface area contributed by atoms with Gasteiger partial charge in [-0.2, -0.15) is 0 Å². The van der Waals surface area contributed by atoms with Gasteiger partial charge in [0.05, 0.1) is 22.7 Å².